The van der Waals surface area contributed by atoms with Crippen LogP contribution < -0.4 is 4.74 Å². The molecule has 0 bridgehead atoms. The van der Waals surface area contributed by atoms with Crippen molar-refractivity contribution in [1.29, 1.82) is 0 Å². The molecule has 0 aliphatic rings. The van der Waals surface area contributed by atoms with E-state index in [0.717, 1.165) is 17.6 Å². The SMILES string of the molecule is C=CC(=O)Oc1ncsn1. The predicted octanol–water partition coefficient (Wildman–Crippen LogP) is 0.629. The van der Waals surface area contributed by atoms with E-state index in [1.807, 2.05) is 0 Å². The van der Waals surface area contributed by atoms with Crippen LogP contribution in [0.25, 0.3) is 0 Å². The van der Waals surface area contributed by atoms with Gasteiger partial charge in [0.1, 0.15) is 5.51 Å². The van der Waals surface area contributed by atoms with Gasteiger partial charge in [-0.1, -0.05) is 6.58 Å². The molecule has 1 rings (SSSR count). The first-order valence-corrected chi connectivity index (χ1v) is 3.27. The quantitative estimate of drug-likeness (QED) is 0.465. The minimum absolute atomic E-state index is 0.0786. The first kappa shape index (κ1) is 6.88. The molecule has 1 heterocycles. The van der Waals surface area contributed by atoms with Crippen LogP contribution in [0.5, 0.6) is 6.01 Å². The van der Waals surface area contributed by atoms with Gasteiger partial charge in [-0.3, -0.25) is 0 Å². The normalized spacial score (nSPS) is 8.80. The van der Waals surface area contributed by atoms with Gasteiger partial charge in [0.15, 0.2) is 0 Å². The van der Waals surface area contributed by atoms with Crippen LogP contribution in [0.1, 0.15) is 0 Å². The molecule has 0 atom stereocenters. The largest absolute Gasteiger partial charge is 0.387 e. The third-order valence-corrected chi connectivity index (χ3v) is 1.16. The molecule has 5 heteroatoms. The van der Waals surface area contributed by atoms with Crippen LogP contribution in [0.2, 0.25) is 0 Å². The van der Waals surface area contributed by atoms with Crippen molar-refractivity contribution in [3.05, 3.63) is 18.2 Å². The Morgan fingerprint density at radius 2 is 2.70 bits per heavy atom. The fourth-order valence-electron chi connectivity index (χ4n) is 0.338. The molecule has 0 amide bonds. The molecule has 0 aliphatic carbocycles. The Bertz CT molecular complexity index is 232. The van der Waals surface area contributed by atoms with E-state index in [1.165, 1.54) is 5.51 Å². The summed E-state index contributed by atoms with van der Waals surface area (Å²) in [5, 5.41) is 0. The summed E-state index contributed by atoms with van der Waals surface area (Å²) < 4.78 is 8.18. The zero-order chi connectivity index (χ0) is 7.40. The number of carbonyl (C=O) groups excluding carboxylic acids is 1. The van der Waals surface area contributed by atoms with Crippen molar-refractivity contribution < 1.29 is 9.53 Å². The topological polar surface area (TPSA) is 52.1 Å². The van der Waals surface area contributed by atoms with Crippen molar-refractivity contribution in [2.75, 3.05) is 0 Å². The molecule has 0 saturated heterocycles. The Morgan fingerprint density at radius 3 is 3.20 bits per heavy atom. The fraction of sp³-hybridized carbons (Fsp3) is 0. The van der Waals surface area contributed by atoms with E-state index in [-0.39, 0.29) is 6.01 Å². The molecule has 52 valence electrons. The number of rotatable bonds is 2. The highest BCUT2D eigenvalue weighted by atomic mass is 32.1. The molecule has 0 aromatic carbocycles. The number of carbonyl (C=O) groups is 1. The second-order valence-corrected chi connectivity index (χ2v) is 1.94. The lowest BCUT2D eigenvalue weighted by atomic mass is 10.7. The smallest absolute Gasteiger partial charge is 0.337 e. The summed E-state index contributed by atoms with van der Waals surface area (Å²) in [5.74, 6) is -0.543. The summed E-state index contributed by atoms with van der Waals surface area (Å²) in [5.41, 5.74) is 1.48. The van der Waals surface area contributed by atoms with Crippen LogP contribution in [0, 0.1) is 0 Å². The third-order valence-electron chi connectivity index (χ3n) is 0.700. The summed E-state index contributed by atoms with van der Waals surface area (Å²) in [4.78, 5) is 14.1. The van der Waals surface area contributed by atoms with Crippen molar-refractivity contribution in [2.24, 2.45) is 0 Å². The van der Waals surface area contributed by atoms with Gasteiger partial charge in [-0.05, 0) is 11.5 Å². The Balaban J connectivity index is 2.56. The minimum atomic E-state index is -0.543. The molecule has 0 spiro atoms. The fourth-order valence-corrected chi connectivity index (χ4v) is 0.697. The number of hydrogen-bond acceptors (Lipinski definition) is 5. The summed E-state index contributed by atoms with van der Waals surface area (Å²) >= 11 is 1.12. The van der Waals surface area contributed by atoms with E-state index in [4.69, 9.17) is 0 Å². The molecule has 0 N–H and O–H groups in total. The summed E-state index contributed by atoms with van der Waals surface area (Å²) in [6.45, 7) is 3.21. The Morgan fingerprint density at radius 1 is 1.90 bits per heavy atom. The lowest BCUT2D eigenvalue weighted by Crippen LogP contribution is -2.03. The zero-order valence-electron chi connectivity index (χ0n) is 4.98. The van der Waals surface area contributed by atoms with E-state index in [9.17, 15) is 4.79 Å². The molecule has 0 saturated carbocycles. The number of esters is 1. The molecule has 0 radical (unpaired) electrons. The van der Waals surface area contributed by atoms with Crippen LogP contribution in [-0.4, -0.2) is 15.3 Å². The van der Waals surface area contributed by atoms with E-state index in [1.54, 1.807) is 0 Å². The monoisotopic (exact) mass is 156 g/mol. The second-order valence-electron chi connectivity index (χ2n) is 1.34. The van der Waals surface area contributed by atoms with Crippen molar-refractivity contribution >= 4 is 17.5 Å². The molecule has 0 unspecified atom stereocenters. The maximum Gasteiger partial charge on any atom is 0.337 e. The third kappa shape index (κ3) is 1.63. The van der Waals surface area contributed by atoms with Gasteiger partial charge in [0.2, 0.25) is 0 Å². The van der Waals surface area contributed by atoms with E-state index in [0.29, 0.717) is 0 Å². The average molecular weight is 156 g/mol. The van der Waals surface area contributed by atoms with E-state index >= 15 is 0 Å². The Hall–Kier alpha value is -1.23. The van der Waals surface area contributed by atoms with Gasteiger partial charge in [0, 0.05) is 6.08 Å². The Kier molecular flexibility index (Phi) is 2.11. The van der Waals surface area contributed by atoms with Crippen molar-refractivity contribution in [1.82, 2.24) is 9.36 Å². The lowest BCUT2D eigenvalue weighted by Gasteiger charge is -1.89. The first-order chi connectivity index (χ1) is 4.83. The number of aromatic nitrogens is 2. The van der Waals surface area contributed by atoms with Crippen LogP contribution in [0.3, 0.4) is 0 Å². The van der Waals surface area contributed by atoms with Crippen molar-refractivity contribution in [2.45, 2.75) is 0 Å². The molecular formula is C5H4N2O2S. The van der Waals surface area contributed by atoms with Gasteiger partial charge >= 0.3 is 12.0 Å². The van der Waals surface area contributed by atoms with E-state index in [2.05, 4.69) is 20.7 Å². The van der Waals surface area contributed by atoms with Gasteiger partial charge in [0.05, 0.1) is 0 Å². The molecular weight excluding hydrogens is 152 g/mol. The van der Waals surface area contributed by atoms with Crippen LogP contribution in [-0.2, 0) is 4.79 Å². The van der Waals surface area contributed by atoms with Crippen molar-refractivity contribution in [3.63, 3.8) is 0 Å². The molecule has 0 fully saturated rings. The van der Waals surface area contributed by atoms with Gasteiger partial charge in [-0.2, -0.15) is 4.98 Å². The van der Waals surface area contributed by atoms with Gasteiger partial charge in [-0.15, -0.1) is 4.37 Å². The van der Waals surface area contributed by atoms with E-state index < -0.39 is 5.97 Å². The zero-order valence-corrected chi connectivity index (χ0v) is 5.80. The maximum atomic E-state index is 10.5. The highest BCUT2D eigenvalue weighted by Crippen LogP contribution is 2.02. The van der Waals surface area contributed by atoms with Gasteiger partial charge in [0.25, 0.3) is 0 Å². The molecule has 0 aliphatic heterocycles. The number of hydrogen-bond donors (Lipinski definition) is 0. The lowest BCUT2D eigenvalue weighted by molar-refractivity contribution is -0.129. The predicted molar refractivity (Wildman–Crippen MR) is 35.7 cm³/mol. The number of nitrogens with zero attached hydrogens (tertiary/aromatic N) is 2. The summed E-state index contributed by atoms with van der Waals surface area (Å²) in [7, 11) is 0. The van der Waals surface area contributed by atoms with Gasteiger partial charge < -0.3 is 4.74 Å². The number of ether oxygens (including phenoxy) is 1. The Labute approximate surface area is 61.3 Å². The molecule has 4 nitrogen and oxygen atoms in total. The van der Waals surface area contributed by atoms with Crippen molar-refractivity contribution in [3.8, 4) is 6.01 Å². The van der Waals surface area contributed by atoms with Crippen LogP contribution in [0.4, 0.5) is 0 Å². The first-order valence-electron chi connectivity index (χ1n) is 2.43. The maximum absolute atomic E-state index is 10.5. The molecule has 10 heavy (non-hydrogen) atoms. The standard InChI is InChI=1S/C5H4N2O2S/c1-2-4(8)9-5-6-3-10-7-5/h2-3H,1H2. The average Bonchev–Trinajstić information content (AvgIpc) is 2.40. The van der Waals surface area contributed by atoms with Gasteiger partial charge in [-0.25, -0.2) is 4.79 Å². The second kappa shape index (κ2) is 3.07. The van der Waals surface area contributed by atoms with Crippen LogP contribution in [0.15, 0.2) is 18.2 Å². The highest BCUT2D eigenvalue weighted by Gasteiger charge is 2.00. The molecule has 1 aromatic heterocycles. The molecule has 1 aromatic rings. The summed E-state index contributed by atoms with van der Waals surface area (Å²) in [6.07, 6.45) is 1.06. The highest BCUT2D eigenvalue weighted by molar-refractivity contribution is 7.03. The van der Waals surface area contributed by atoms with Crippen LogP contribution >= 0.6 is 11.5 Å². The minimum Gasteiger partial charge on any atom is -0.387 e. The summed E-state index contributed by atoms with van der Waals surface area (Å²) in [6, 6.07) is 0.0786.